The van der Waals surface area contributed by atoms with Gasteiger partial charge >= 0.3 is 0 Å². The Morgan fingerprint density at radius 1 is 1.04 bits per heavy atom. The molecule has 3 rings (SSSR count). The number of benzene rings is 1. The zero-order chi connectivity index (χ0) is 18.0. The molecule has 26 heavy (non-hydrogen) atoms. The number of hydrogen-bond donors (Lipinski definition) is 0. The van der Waals surface area contributed by atoms with Gasteiger partial charge in [-0.05, 0) is 30.0 Å². The Morgan fingerprint density at radius 2 is 1.85 bits per heavy atom. The molecule has 0 atom stereocenters. The van der Waals surface area contributed by atoms with Crippen molar-refractivity contribution in [3.63, 3.8) is 0 Å². The van der Waals surface area contributed by atoms with Crippen LogP contribution in [0.25, 0.3) is 6.08 Å². The van der Waals surface area contributed by atoms with Crippen molar-refractivity contribution in [1.29, 1.82) is 0 Å². The van der Waals surface area contributed by atoms with Crippen LogP contribution in [0.4, 0.5) is 0 Å². The first-order valence-corrected chi connectivity index (χ1v) is 9.42. The minimum atomic E-state index is 0.286. The minimum absolute atomic E-state index is 0.286. The highest BCUT2D eigenvalue weighted by atomic mass is 16.2. The Kier molecular flexibility index (Phi) is 6.96. The van der Waals surface area contributed by atoms with Crippen LogP contribution in [0.15, 0.2) is 60.9 Å². The number of aryl methyl sites for hydroxylation is 1. The number of rotatable bonds is 7. The number of amides is 1. The van der Waals surface area contributed by atoms with Gasteiger partial charge in [0.1, 0.15) is 0 Å². The number of pyridine rings is 1. The maximum Gasteiger partial charge on any atom is 0.222 e. The van der Waals surface area contributed by atoms with Crippen LogP contribution in [-0.2, 0) is 11.2 Å². The van der Waals surface area contributed by atoms with E-state index in [9.17, 15) is 4.79 Å². The lowest BCUT2D eigenvalue weighted by atomic mass is 10.1. The molecule has 1 amide bonds. The van der Waals surface area contributed by atoms with E-state index in [1.165, 1.54) is 11.1 Å². The first kappa shape index (κ1) is 18.3. The molecule has 136 valence electrons. The van der Waals surface area contributed by atoms with Crippen molar-refractivity contribution in [2.45, 2.75) is 19.3 Å². The van der Waals surface area contributed by atoms with Crippen LogP contribution in [0, 0.1) is 0 Å². The Hall–Kier alpha value is -2.46. The van der Waals surface area contributed by atoms with E-state index in [0.717, 1.165) is 45.6 Å². The molecular formula is C22H27N3O. The van der Waals surface area contributed by atoms with Crippen molar-refractivity contribution in [1.82, 2.24) is 14.8 Å². The topological polar surface area (TPSA) is 36.4 Å². The summed E-state index contributed by atoms with van der Waals surface area (Å²) in [5, 5.41) is 0. The van der Waals surface area contributed by atoms with Gasteiger partial charge in [0.2, 0.25) is 5.91 Å². The summed E-state index contributed by atoms with van der Waals surface area (Å²) in [6.07, 6.45) is 10.5. The molecule has 0 unspecified atom stereocenters. The molecule has 4 nitrogen and oxygen atoms in total. The molecule has 0 aliphatic carbocycles. The molecule has 0 spiro atoms. The molecule has 1 fully saturated rings. The molecule has 1 aliphatic heterocycles. The second-order valence-electron chi connectivity index (χ2n) is 6.71. The van der Waals surface area contributed by atoms with Gasteiger partial charge in [-0.3, -0.25) is 14.7 Å². The third-order valence-electron chi connectivity index (χ3n) is 4.78. The van der Waals surface area contributed by atoms with Crippen molar-refractivity contribution < 1.29 is 4.79 Å². The number of carbonyl (C=O) groups excluding carboxylic acids is 1. The molecule has 0 radical (unpaired) electrons. The highest BCUT2D eigenvalue weighted by Gasteiger charge is 2.19. The van der Waals surface area contributed by atoms with Crippen LogP contribution in [-0.4, -0.2) is 53.4 Å². The van der Waals surface area contributed by atoms with E-state index in [1.54, 1.807) is 6.20 Å². The zero-order valence-electron chi connectivity index (χ0n) is 15.3. The van der Waals surface area contributed by atoms with Gasteiger partial charge in [-0.1, -0.05) is 48.6 Å². The molecule has 2 aromatic rings. The van der Waals surface area contributed by atoms with Crippen molar-refractivity contribution in [2.24, 2.45) is 0 Å². The smallest absolute Gasteiger partial charge is 0.222 e. The fraction of sp³-hybridized carbons (Fsp3) is 0.364. The standard InChI is InChI=1S/C22H27N3O/c26-22(12-4-9-21-10-5-13-23-19-21)25-17-15-24(16-18-25)14-6-11-20-7-2-1-3-8-20/h1-3,5-8,10-11,13,19H,4,9,12,14-18H2/b11-6+. The predicted molar refractivity (Wildman–Crippen MR) is 106 cm³/mol. The monoisotopic (exact) mass is 349 g/mol. The third-order valence-corrected chi connectivity index (χ3v) is 4.78. The molecule has 1 aromatic carbocycles. The van der Waals surface area contributed by atoms with E-state index in [2.05, 4.69) is 52.4 Å². The van der Waals surface area contributed by atoms with E-state index in [4.69, 9.17) is 0 Å². The second-order valence-corrected chi connectivity index (χ2v) is 6.71. The highest BCUT2D eigenvalue weighted by molar-refractivity contribution is 5.76. The van der Waals surface area contributed by atoms with Crippen LogP contribution in [0.5, 0.6) is 0 Å². The maximum absolute atomic E-state index is 12.4. The molecular weight excluding hydrogens is 322 g/mol. The van der Waals surface area contributed by atoms with Gasteiger partial charge in [-0.15, -0.1) is 0 Å². The van der Waals surface area contributed by atoms with E-state index in [1.807, 2.05) is 23.2 Å². The molecule has 0 bridgehead atoms. The van der Waals surface area contributed by atoms with E-state index >= 15 is 0 Å². The van der Waals surface area contributed by atoms with E-state index in [-0.39, 0.29) is 5.91 Å². The van der Waals surface area contributed by atoms with Crippen molar-refractivity contribution in [2.75, 3.05) is 32.7 Å². The van der Waals surface area contributed by atoms with Crippen LogP contribution in [0.3, 0.4) is 0 Å². The molecule has 1 saturated heterocycles. The number of carbonyl (C=O) groups is 1. The van der Waals surface area contributed by atoms with Crippen molar-refractivity contribution in [3.05, 3.63) is 72.1 Å². The molecule has 4 heteroatoms. The number of piperazine rings is 1. The number of nitrogens with zero attached hydrogens (tertiary/aromatic N) is 3. The summed E-state index contributed by atoms with van der Waals surface area (Å²) in [7, 11) is 0. The third kappa shape index (κ3) is 5.81. The first-order chi connectivity index (χ1) is 12.8. The average molecular weight is 349 g/mol. The van der Waals surface area contributed by atoms with Crippen LogP contribution in [0.2, 0.25) is 0 Å². The van der Waals surface area contributed by atoms with Gasteiger partial charge in [0.15, 0.2) is 0 Å². The summed E-state index contributed by atoms with van der Waals surface area (Å²) in [5.41, 5.74) is 2.44. The lowest BCUT2D eigenvalue weighted by Crippen LogP contribution is -2.48. The van der Waals surface area contributed by atoms with Gasteiger partial charge < -0.3 is 4.90 Å². The Balaban J connectivity index is 1.34. The lowest BCUT2D eigenvalue weighted by Gasteiger charge is -2.34. The molecule has 0 N–H and O–H groups in total. The first-order valence-electron chi connectivity index (χ1n) is 9.42. The van der Waals surface area contributed by atoms with Gasteiger partial charge in [0, 0.05) is 51.5 Å². The van der Waals surface area contributed by atoms with Crippen molar-refractivity contribution in [3.8, 4) is 0 Å². The van der Waals surface area contributed by atoms with Crippen LogP contribution in [0.1, 0.15) is 24.0 Å². The fourth-order valence-electron chi connectivity index (χ4n) is 3.23. The van der Waals surface area contributed by atoms with Crippen LogP contribution >= 0.6 is 0 Å². The summed E-state index contributed by atoms with van der Waals surface area (Å²) < 4.78 is 0. The summed E-state index contributed by atoms with van der Waals surface area (Å²) in [5.74, 6) is 0.286. The summed E-state index contributed by atoms with van der Waals surface area (Å²) in [6, 6.07) is 14.4. The molecule has 1 aromatic heterocycles. The number of aromatic nitrogens is 1. The van der Waals surface area contributed by atoms with Gasteiger partial charge in [0.05, 0.1) is 0 Å². The Bertz CT molecular complexity index is 692. The Morgan fingerprint density at radius 3 is 2.58 bits per heavy atom. The minimum Gasteiger partial charge on any atom is -0.340 e. The fourth-order valence-corrected chi connectivity index (χ4v) is 3.23. The largest absolute Gasteiger partial charge is 0.340 e. The second kappa shape index (κ2) is 9.88. The van der Waals surface area contributed by atoms with Gasteiger partial charge in [0.25, 0.3) is 0 Å². The predicted octanol–water partition coefficient (Wildman–Crippen LogP) is 3.26. The quantitative estimate of drug-likeness (QED) is 0.770. The Labute approximate surface area is 156 Å². The lowest BCUT2D eigenvalue weighted by molar-refractivity contribution is -0.132. The van der Waals surface area contributed by atoms with Gasteiger partial charge in [-0.25, -0.2) is 0 Å². The van der Waals surface area contributed by atoms with E-state index in [0.29, 0.717) is 6.42 Å². The SMILES string of the molecule is O=C(CCCc1cccnc1)N1CCN(C/C=C/c2ccccc2)CC1. The van der Waals surface area contributed by atoms with Gasteiger partial charge in [-0.2, -0.15) is 0 Å². The molecule has 2 heterocycles. The average Bonchev–Trinajstić information content (AvgIpc) is 2.70. The summed E-state index contributed by atoms with van der Waals surface area (Å²) >= 11 is 0. The summed E-state index contributed by atoms with van der Waals surface area (Å²) in [4.78, 5) is 20.9. The normalized spacial score (nSPS) is 15.5. The molecule has 1 aliphatic rings. The molecule has 0 saturated carbocycles. The highest BCUT2D eigenvalue weighted by Crippen LogP contribution is 2.09. The summed E-state index contributed by atoms with van der Waals surface area (Å²) in [6.45, 7) is 4.52. The van der Waals surface area contributed by atoms with Crippen LogP contribution < -0.4 is 0 Å². The van der Waals surface area contributed by atoms with Crippen molar-refractivity contribution >= 4 is 12.0 Å². The number of hydrogen-bond acceptors (Lipinski definition) is 3. The maximum atomic E-state index is 12.4. The van der Waals surface area contributed by atoms with E-state index < -0.39 is 0 Å². The zero-order valence-corrected chi connectivity index (χ0v) is 15.3.